The van der Waals surface area contributed by atoms with Gasteiger partial charge >= 0.3 is 0 Å². The van der Waals surface area contributed by atoms with Crippen LogP contribution in [0.25, 0.3) is 0 Å². The molecular formula is C31H37N3O3S. The largest absolute Gasteiger partial charge is 0.345 e. The maximum absolute atomic E-state index is 13.0. The Labute approximate surface area is 226 Å². The molecule has 1 N–H and O–H groups in total. The van der Waals surface area contributed by atoms with Crippen molar-refractivity contribution in [2.45, 2.75) is 56.5 Å². The number of rotatable bonds is 8. The number of piperazine rings is 1. The van der Waals surface area contributed by atoms with Crippen LogP contribution in [0.5, 0.6) is 0 Å². The predicted molar refractivity (Wildman–Crippen MR) is 151 cm³/mol. The van der Waals surface area contributed by atoms with E-state index in [4.69, 9.17) is 0 Å². The Hall–Kier alpha value is -3.00. The van der Waals surface area contributed by atoms with Gasteiger partial charge in [-0.3, -0.25) is 9.69 Å². The zero-order chi connectivity index (χ0) is 26.5. The maximum Gasteiger partial charge on any atom is 0.251 e. The third-order valence-corrected chi connectivity index (χ3v) is 9.74. The van der Waals surface area contributed by atoms with Gasteiger partial charge in [-0.1, -0.05) is 55.5 Å². The molecule has 7 heteroatoms. The van der Waals surface area contributed by atoms with Crippen molar-refractivity contribution < 1.29 is 13.2 Å². The Morgan fingerprint density at radius 3 is 2.24 bits per heavy atom. The molecule has 0 aromatic heterocycles. The monoisotopic (exact) mass is 531 g/mol. The van der Waals surface area contributed by atoms with Gasteiger partial charge in [0.25, 0.3) is 5.91 Å². The zero-order valence-electron chi connectivity index (χ0n) is 22.1. The van der Waals surface area contributed by atoms with E-state index in [1.807, 2.05) is 30.3 Å². The molecule has 1 fully saturated rings. The van der Waals surface area contributed by atoms with Crippen molar-refractivity contribution in [2.24, 2.45) is 0 Å². The summed E-state index contributed by atoms with van der Waals surface area (Å²) >= 11 is 0. The summed E-state index contributed by atoms with van der Waals surface area (Å²) in [5.41, 5.74) is 5.85. The van der Waals surface area contributed by atoms with Crippen LogP contribution in [-0.2, 0) is 29.4 Å². The minimum Gasteiger partial charge on any atom is -0.345 e. The minimum atomic E-state index is -3.45. The topological polar surface area (TPSA) is 69.7 Å². The van der Waals surface area contributed by atoms with Gasteiger partial charge in [0.1, 0.15) is 0 Å². The first-order valence-electron chi connectivity index (χ1n) is 13.7. The molecule has 5 rings (SSSR count). The van der Waals surface area contributed by atoms with Crippen LogP contribution in [-0.4, -0.2) is 49.7 Å². The molecule has 1 saturated heterocycles. The average Bonchev–Trinajstić information content (AvgIpc) is 2.96. The molecule has 38 heavy (non-hydrogen) atoms. The highest BCUT2D eigenvalue weighted by atomic mass is 32.2. The average molecular weight is 532 g/mol. The van der Waals surface area contributed by atoms with E-state index >= 15 is 0 Å². The van der Waals surface area contributed by atoms with E-state index in [9.17, 15) is 13.2 Å². The molecule has 0 saturated carbocycles. The highest BCUT2D eigenvalue weighted by Gasteiger charge is 2.28. The first-order valence-corrected chi connectivity index (χ1v) is 15.2. The van der Waals surface area contributed by atoms with Crippen LogP contribution in [0.2, 0.25) is 0 Å². The van der Waals surface area contributed by atoms with Crippen LogP contribution >= 0.6 is 0 Å². The van der Waals surface area contributed by atoms with Gasteiger partial charge in [-0.05, 0) is 78.6 Å². The van der Waals surface area contributed by atoms with E-state index in [0.29, 0.717) is 36.6 Å². The number of hydrogen-bond acceptors (Lipinski definition) is 4. The molecular weight excluding hydrogens is 494 g/mol. The number of benzene rings is 3. The fourth-order valence-electron chi connectivity index (χ4n) is 5.52. The second kappa shape index (κ2) is 11.8. The smallest absolute Gasteiger partial charge is 0.251 e. The number of sulfonamides is 1. The number of carbonyl (C=O) groups excluding carboxylic acids is 1. The molecule has 1 heterocycles. The van der Waals surface area contributed by atoms with Gasteiger partial charge in [-0.25, -0.2) is 8.42 Å². The number of nitrogens with one attached hydrogen (secondary N) is 1. The summed E-state index contributed by atoms with van der Waals surface area (Å²) in [7, 11) is -3.45. The molecule has 6 nitrogen and oxygen atoms in total. The Bertz CT molecular complexity index is 1350. The highest BCUT2D eigenvalue weighted by Crippen LogP contribution is 2.26. The lowest BCUT2D eigenvalue weighted by Crippen LogP contribution is -2.48. The van der Waals surface area contributed by atoms with Crippen molar-refractivity contribution >= 4 is 15.9 Å². The standard InChI is InChI=1S/C31H37N3O3S/c1-2-30(28-17-16-25-8-6-7-9-27(25)22-28)32-31(35)26-14-12-24(13-15-26)23-33-18-20-34(21-19-33)38(36,37)29-10-4-3-5-11-29/h3-5,10-17,22,30H,2,6-9,18-21,23H2,1H3,(H,32,35)/t30-/m0/s1. The molecule has 1 aliphatic heterocycles. The number of fused-ring (bicyclic) bond motifs is 1. The van der Waals surface area contributed by atoms with E-state index in [2.05, 4.69) is 35.3 Å². The highest BCUT2D eigenvalue weighted by molar-refractivity contribution is 7.89. The second-order valence-electron chi connectivity index (χ2n) is 10.4. The van der Waals surface area contributed by atoms with Crippen molar-refractivity contribution in [2.75, 3.05) is 26.2 Å². The van der Waals surface area contributed by atoms with E-state index in [1.54, 1.807) is 28.6 Å². The first-order chi connectivity index (χ1) is 18.4. The fraction of sp³-hybridized carbons (Fsp3) is 0.387. The van der Waals surface area contributed by atoms with Crippen LogP contribution in [0.3, 0.4) is 0 Å². The van der Waals surface area contributed by atoms with Crippen molar-refractivity contribution in [3.63, 3.8) is 0 Å². The van der Waals surface area contributed by atoms with Crippen LogP contribution in [0, 0.1) is 0 Å². The van der Waals surface area contributed by atoms with E-state index in [0.717, 1.165) is 31.4 Å². The van der Waals surface area contributed by atoms with E-state index in [1.165, 1.54) is 29.5 Å². The molecule has 0 spiro atoms. The lowest BCUT2D eigenvalue weighted by atomic mass is 9.88. The first kappa shape index (κ1) is 26.6. The molecule has 1 aliphatic carbocycles. The minimum absolute atomic E-state index is 0.00198. The number of carbonyl (C=O) groups is 1. The number of aryl methyl sites for hydroxylation is 2. The fourth-order valence-corrected chi connectivity index (χ4v) is 6.97. The van der Waals surface area contributed by atoms with Gasteiger partial charge in [0.15, 0.2) is 0 Å². The van der Waals surface area contributed by atoms with Crippen molar-refractivity contribution in [3.05, 3.63) is 101 Å². The van der Waals surface area contributed by atoms with E-state index in [-0.39, 0.29) is 11.9 Å². The Balaban J connectivity index is 1.15. The van der Waals surface area contributed by atoms with Gasteiger partial charge in [-0.2, -0.15) is 4.31 Å². The summed E-state index contributed by atoms with van der Waals surface area (Å²) in [4.78, 5) is 15.6. The maximum atomic E-state index is 13.0. The van der Waals surface area contributed by atoms with Crippen LogP contribution in [0.15, 0.2) is 77.7 Å². The van der Waals surface area contributed by atoms with Gasteiger partial charge < -0.3 is 5.32 Å². The summed E-state index contributed by atoms with van der Waals surface area (Å²) in [6.45, 7) is 5.13. The van der Waals surface area contributed by atoms with Crippen LogP contribution < -0.4 is 5.32 Å². The number of nitrogens with zero attached hydrogens (tertiary/aromatic N) is 2. The SMILES string of the molecule is CC[C@H](NC(=O)c1ccc(CN2CCN(S(=O)(=O)c3ccccc3)CC2)cc1)c1ccc2c(c1)CCCC2. The Morgan fingerprint density at radius 2 is 1.55 bits per heavy atom. The Morgan fingerprint density at radius 1 is 0.868 bits per heavy atom. The molecule has 1 atom stereocenters. The quantitative estimate of drug-likeness (QED) is 0.447. The third kappa shape index (κ3) is 6.01. The molecule has 3 aromatic carbocycles. The van der Waals surface area contributed by atoms with Crippen LogP contribution in [0.4, 0.5) is 0 Å². The molecule has 0 unspecified atom stereocenters. The summed E-state index contributed by atoms with van der Waals surface area (Å²) in [5.74, 6) is -0.0548. The van der Waals surface area contributed by atoms with Crippen molar-refractivity contribution in [1.82, 2.24) is 14.5 Å². The molecule has 0 bridgehead atoms. The summed E-state index contributed by atoms with van der Waals surface area (Å²) in [6, 6.07) is 23.1. The molecule has 200 valence electrons. The lowest BCUT2D eigenvalue weighted by Gasteiger charge is -2.34. The second-order valence-corrected chi connectivity index (χ2v) is 12.3. The number of amides is 1. The van der Waals surface area contributed by atoms with Crippen molar-refractivity contribution in [1.29, 1.82) is 0 Å². The van der Waals surface area contributed by atoms with Crippen LogP contribution in [0.1, 0.15) is 64.8 Å². The molecule has 0 radical (unpaired) electrons. The van der Waals surface area contributed by atoms with Crippen molar-refractivity contribution in [3.8, 4) is 0 Å². The zero-order valence-corrected chi connectivity index (χ0v) is 22.9. The van der Waals surface area contributed by atoms with E-state index < -0.39 is 10.0 Å². The van der Waals surface area contributed by atoms with Gasteiger partial charge in [0, 0.05) is 38.3 Å². The molecule has 3 aromatic rings. The number of hydrogen-bond donors (Lipinski definition) is 1. The molecule has 2 aliphatic rings. The van der Waals surface area contributed by atoms with Gasteiger partial charge in [0.05, 0.1) is 10.9 Å². The van der Waals surface area contributed by atoms with Gasteiger partial charge in [-0.15, -0.1) is 0 Å². The summed E-state index contributed by atoms with van der Waals surface area (Å²) in [5, 5.41) is 3.23. The third-order valence-electron chi connectivity index (χ3n) is 7.82. The predicted octanol–water partition coefficient (Wildman–Crippen LogP) is 4.95. The normalized spacial score (nSPS) is 17.5. The van der Waals surface area contributed by atoms with Gasteiger partial charge in [0.2, 0.25) is 10.0 Å². The summed E-state index contributed by atoms with van der Waals surface area (Å²) in [6.07, 6.45) is 5.64. The summed E-state index contributed by atoms with van der Waals surface area (Å²) < 4.78 is 27.3. The molecule has 1 amide bonds. The Kier molecular flexibility index (Phi) is 8.27. The lowest BCUT2D eigenvalue weighted by molar-refractivity contribution is 0.0935.